The monoisotopic (exact) mass is 460 g/mol. The van der Waals surface area contributed by atoms with Gasteiger partial charge in [-0.05, 0) is 36.2 Å². The van der Waals surface area contributed by atoms with Crippen LogP contribution in [0.3, 0.4) is 0 Å². The van der Waals surface area contributed by atoms with Gasteiger partial charge in [0.2, 0.25) is 11.8 Å². The zero-order valence-electron chi connectivity index (χ0n) is 18.7. The predicted octanol–water partition coefficient (Wildman–Crippen LogP) is 1.89. The topological polar surface area (TPSA) is 73.0 Å². The van der Waals surface area contributed by atoms with Gasteiger partial charge in [-0.25, -0.2) is 4.39 Å². The Labute approximate surface area is 197 Å². The fraction of sp³-hybridized carbons (Fsp3) is 0.346. The third kappa shape index (κ3) is 4.15. The van der Waals surface area contributed by atoms with Gasteiger partial charge in [-0.15, -0.1) is 6.42 Å². The van der Waals surface area contributed by atoms with E-state index in [2.05, 4.69) is 21.0 Å². The van der Waals surface area contributed by atoms with E-state index in [1.54, 1.807) is 0 Å². The fourth-order valence-electron chi connectivity index (χ4n) is 5.00. The van der Waals surface area contributed by atoms with Crippen LogP contribution in [0.1, 0.15) is 39.9 Å². The maximum absolute atomic E-state index is 14.5. The quantitative estimate of drug-likeness (QED) is 0.557. The second-order valence-corrected chi connectivity index (χ2v) is 8.96. The lowest BCUT2D eigenvalue weighted by molar-refractivity contribution is -0.136. The predicted molar refractivity (Wildman–Crippen MR) is 124 cm³/mol. The lowest BCUT2D eigenvalue weighted by atomic mass is 10.0. The molecule has 0 saturated carbocycles. The van der Waals surface area contributed by atoms with Crippen molar-refractivity contribution in [3.05, 3.63) is 64.5 Å². The number of hydrogen-bond donors (Lipinski definition) is 1. The number of nitrogens with zero attached hydrogens (tertiary/aromatic N) is 3. The first-order chi connectivity index (χ1) is 16.4. The molecule has 7 nitrogen and oxygen atoms in total. The molecule has 0 bridgehead atoms. The van der Waals surface area contributed by atoms with Crippen LogP contribution in [0.2, 0.25) is 0 Å². The minimum atomic E-state index is -0.716. The lowest BCUT2D eigenvalue weighted by Gasteiger charge is -2.37. The summed E-state index contributed by atoms with van der Waals surface area (Å²) in [7, 11) is 0. The van der Waals surface area contributed by atoms with E-state index in [1.807, 2.05) is 24.3 Å². The molecule has 2 aromatic rings. The first-order valence-corrected chi connectivity index (χ1v) is 11.4. The standard InChI is InChI=1S/C26H25FN4O3/c1-2-17-3-5-18(6-4-17)15-29-9-11-30(12-10-29)23-14-19(27)13-20-21(23)16-31(26(20)34)22-7-8-24(32)28-25(22)33/h1,3-6,13-14,22H,7-12,15-16H2,(H,28,32,33). The molecule has 0 spiro atoms. The summed E-state index contributed by atoms with van der Waals surface area (Å²) in [5.74, 6) is 0.991. The summed E-state index contributed by atoms with van der Waals surface area (Å²) in [6, 6.07) is 9.97. The smallest absolute Gasteiger partial charge is 0.255 e. The molecule has 3 amide bonds. The van der Waals surface area contributed by atoms with Crippen molar-refractivity contribution in [3.8, 4) is 12.3 Å². The molecule has 2 saturated heterocycles. The molecule has 0 aromatic heterocycles. The average Bonchev–Trinajstić information content (AvgIpc) is 3.15. The number of amides is 3. The number of carbonyl (C=O) groups excluding carboxylic acids is 3. The highest BCUT2D eigenvalue weighted by atomic mass is 19.1. The number of piperidine rings is 1. The van der Waals surface area contributed by atoms with E-state index in [4.69, 9.17) is 6.42 Å². The molecule has 2 fully saturated rings. The zero-order chi connectivity index (χ0) is 23.8. The van der Waals surface area contributed by atoms with E-state index in [-0.39, 0.29) is 31.2 Å². The summed E-state index contributed by atoms with van der Waals surface area (Å²) in [6.07, 6.45) is 5.89. The van der Waals surface area contributed by atoms with E-state index in [0.29, 0.717) is 24.3 Å². The van der Waals surface area contributed by atoms with Gasteiger partial charge < -0.3 is 9.80 Å². The van der Waals surface area contributed by atoms with Gasteiger partial charge in [0.1, 0.15) is 11.9 Å². The number of carbonyl (C=O) groups is 3. The van der Waals surface area contributed by atoms with Crippen molar-refractivity contribution in [2.24, 2.45) is 0 Å². The minimum absolute atomic E-state index is 0.186. The number of hydrogen-bond acceptors (Lipinski definition) is 5. The molecule has 0 aliphatic carbocycles. The van der Waals surface area contributed by atoms with Gasteiger partial charge in [-0.2, -0.15) is 0 Å². The third-order valence-electron chi connectivity index (χ3n) is 6.84. The molecule has 5 rings (SSSR count). The van der Waals surface area contributed by atoms with Crippen LogP contribution < -0.4 is 10.2 Å². The summed E-state index contributed by atoms with van der Waals surface area (Å²) < 4.78 is 14.5. The number of halogens is 1. The number of rotatable bonds is 4. The van der Waals surface area contributed by atoms with Gasteiger partial charge in [0.25, 0.3) is 5.91 Å². The number of anilines is 1. The SMILES string of the molecule is C#Cc1ccc(CN2CCN(c3cc(F)cc4c3CN(C3CCC(=O)NC3=O)C4=O)CC2)cc1. The molecule has 174 valence electrons. The van der Waals surface area contributed by atoms with E-state index in [9.17, 15) is 18.8 Å². The first kappa shape index (κ1) is 22.1. The Kier molecular flexibility index (Phi) is 5.80. The normalized spacial score (nSPS) is 20.8. The molecule has 8 heteroatoms. The van der Waals surface area contributed by atoms with Crippen molar-refractivity contribution in [2.45, 2.75) is 32.0 Å². The molecule has 0 radical (unpaired) electrons. The largest absolute Gasteiger partial charge is 0.369 e. The van der Waals surface area contributed by atoms with E-state index in [1.165, 1.54) is 22.6 Å². The number of benzene rings is 2. The molecular formula is C26H25FN4O3. The molecular weight excluding hydrogens is 435 g/mol. The molecule has 1 unspecified atom stereocenters. The molecule has 1 N–H and O–H groups in total. The maximum atomic E-state index is 14.5. The number of imide groups is 1. The summed E-state index contributed by atoms with van der Waals surface area (Å²) in [5.41, 5.74) is 3.79. The van der Waals surface area contributed by atoms with E-state index < -0.39 is 17.8 Å². The van der Waals surface area contributed by atoms with E-state index >= 15 is 0 Å². The Morgan fingerprint density at radius 1 is 1.06 bits per heavy atom. The highest BCUT2D eigenvalue weighted by Crippen LogP contribution is 2.35. The van der Waals surface area contributed by atoms with Crippen molar-refractivity contribution in [2.75, 3.05) is 31.1 Å². The number of fused-ring (bicyclic) bond motifs is 1. The lowest BCUT2D eigenvalue weighted by Crippen LogP contribution is -2.52. The van der Waals surface area contributed by atoms with Crippen LogP contribution >= 0.6 is 0 Å². The zero-order valence-corrected chi connectivity index (χ0v) is 18.7. The maximum Gasteiger partial charge on any atom is 0.255 e. The van der Waals surface area contributed by atoms with Crippen molar-refractivity contribution in [1.29, 1.82) is 0 Å². The van der Waals surface area contributed by atoms with Gasteiger partial charge in [0.05, 0.1) is 0 Å². The van der Waals surface area contributed by atoms with Crippen molar-refractivity contribution in [3.63, 3.8) is 0 Å². The highest BCUT2D eigenvalue weighted by Gasteiger charge is 2.41. The van der Waals surface area contributed by atoms with Crippen LogP contribution in [0.15, 0.2) is 36.4 Å². The Morgan fingerprint density at radius 3 is 2.47 bits per heavy atom. The molecule has 1 atom stereocenters. The second-order valence-electron chi connectivity index (χ2n) is 8.96. The number of nitrogens with one attached hydrogen (secondary N) is 1. The van der Waals surface area contributed by atoms with Gasteiger partial charge in [-0.3, -0.25) is 24.6 Å². The molecule has 3 aliphatic heterocycles. The Morgan fingerprint density at radius 2 is 1.79 bits per heavy atom. The van der Waals surface area contributed by atoms with Crippen LogP contribution in [0.5, 0.6) is 0 Å². The highest BCUT2D eigenvalue weighted by molar-refractivity contribution is 6.06. The average molecular weight is 461 g/mol. The summed E-state index contributed by atoms with van der Waals surface area (Å²) in [5, 5.41) is 2.30. The van der Waals surface area contributed by atoms with Crippen molar-refractivity contribution < 1.29 is 18.8 Å². The number of piperazine rings is 1. The summed E-state index contributed by atoms with van der Waals surface area (Å²) in [6.45, 7) is 4.04. The Balaban J connectivity index is 1.29. The molecule has 3 heterocycles. The molecule has 3 aliphatic rings. The van der Waals surface area contributed by atoms with Crippen LogP contribution in [-0.2, 0) is 22.7 Å². The van der Waals surface area contributed by atoms with E-state index in [0.717, 1.165) is 30.8 Å². The second kappa shape index (κ2) is 8.92. The van der Waals surface area contributed by atoms with Gasteiger partial charge in [0.15, 0.2) is 0 Å². The van der Waals surface area contributed by atoms with Crippen LogP contribution in [0.4, 0.5) is 10.1 Å². The van der Waals surface area contributed by atoms with Crippen LogP contribution in [0, 0.1) is 18.2 Å². The molecule has 34 heavy (non-hydrogen) atoms. The van der Waals surface area contributed by atoms with Crippen LogP contribution in [-0.4, -0.2) is 59.7 Å². The number of terminal acetylenes is 1. The first-order valence-electron chi connectivity index (χ1n) is 11.4. The Bertz CT molecular complexity index is 1200. The van der Waals surface area contributed by atoms with Crippen molar-refractivity contribution in [1.82, 2.24) is 15.1 Å². The third-order valence-corrected chi connectivity index (χ3v) is 6.84. The van der Waals surface area contributed by atoms with Gasteiger partial charge >= 0.3 is 0 Å². The fourth-order valence-corrected chi connectivity index (χ4v) is 5.00. The minimum Gasteiger partial charge on any atom is -0.369 e. The van der Waals surface area contributed by atoms with Gasteiger partial charge in [-0.1, -0.05) is 18.1 Å². The van der Waals surface area contributed by atoms with Crippen LogP contribution in [0.25, 0.3) is 0 Å². The molecule has 2 aromatic carbocycles. The van der Waals surface area contributed by atoms with Crippen molar-refractivity contribution >= 4 is 23.4 Å². The van der Waals surface area contributed by atoms with Gasteiger partial charge in [0, 0.05) is 68.1 Å². The summed E-state index contributed by atoms with van der Waals surface area (Å²) >= 11 is 0. The Hall–Kier alpha value is -3.70. The summed E-state index contributed by atoms with van der Waals surface area (Å²) in [4.78, 5) is 42.8.